The highest BCUT2D eigenvalue weighted by molar-refractivity contribution is 5.93. The fraction of sp³-hybridized carbons (Fsp3) is 0.619. The molecular formula is C21H29N5O3. The van der Waals surface area contributed by atoms with E-state index in [9.17, 15) is 9.59 Å². The monoisotopic (exact) mass is 399 g/mol. The molecule has 2 amide bonds. The number of carbonyl (C=O) groups excluding carboxylic acids is 2. The third-order valence-electron chi connectivity index (χ3n) is 5.75. The van der Waals surface area contributed by atoms with Gasteiger partial charge < -0.3 is 14.5 Å². The van der Waals surface area contributed by atoms with Crippen molar-refractivity contribution in [2.75, 3.05) is 13.1 Å². The van der Waals surface area contributed by atoms with E-state index in [1.54, 1.807) is 34.1 Å². The maximum absolute atomic E-state index is 13.5. The van der Waals surface area contributed by atoms with Gasteiger partial charge in [0.2, 0.25) is 0 Å². The van der Waals surface area contributed by atoms with Crippen LogP contribution in [0, 0.1) is 0 Å². The number of amides is 2. The molecule has 1 aliphatic carbocycles. The predicted octanol–water partition coefficient (Wildman–Crippen LogP) is 3.12. The van der Waals surface area contributed by atoms with Crippen LogP contribution in [0.3, 0.4) is 0 Å². The number of ether oxygens (including phenoxy) is 1. The topological polar surface area (TPSA) is 80.0 Å². The molecular weight excluding hydrogens is 370 g/mol. The molecule has 29 heavy (non-hydrogen) atoms. The third-order valence-corrected chi connectivity index (χ3v) is 5.75. The average Bonchev–Trinajstić information content (AvgIpc) is 3.07. The van der Waals surface area contributed by atoms with E-state index in [0.717, 1.165) is 32.1 Å². The lowest BCUT2D eigenvalue weighted by Gasteiger charge is -2.45. The van der Waals surface area contributed by atoms with Gasteiger partial charge in [0.05, 0.1) is 12.4 Å². The summed E-state index contributed by atoms with van der Waals surface area (Å²) >= 11 is 0. The molecule has 4 rings (SSSR count). The first-order valence-corrected chi connectivity index (χ1v) is 10.4. The van der Waals surface area contributed by atoms with Crippen LogP contribution in [0.25, 0.3) is 5.65 Å². The molecule has 2 aromatic rings. The Hall–Kier alpha value is -2.64. The van der Waals surface area contributed by atoms with Gasteiger partial charge in [-0.2, -0.15) is 0 Å². The number of fused-ring (bicyclic) bond motifs is 1. The van der Waals surface area contributed by atoms with E-state index >= 15 is 0 Å². The molecule has 0 radical (unpaired) electrons. The zero-order valence-corrected chi connectivity index (χ0v) is 17.4. The Morgan fingerprint density at radius 3 is 2.41 bits per heavy atom. The van der Waals surface area contributed by atoms with E-state index in [2.05, 4.69) is 14.9 Å². The molecule has 0 bridgehead atoms. The number of likely N-dealkylation sites (tertiary alicyclic amines) is 1. The zero-order chi connectivity index (χ0) is 20.6. The molecule has 2 fully saturated rings. The summed E-state index contributed by atoms with van der Waals surface area (Å²) in [5.74, 6) is 0.0177. The fourth-order valence-corrected chi connectivity index (χ4v) is 4.08. The first-order valence-electron chi connectivity index (χ1n) is 10.4. The van der Waals surface area contributed by atoms with Crippen LogP contribution in [-0.4, -0.2) is 66.9 Å². The van der Waals surface area contributed by atoms with E-state index < -0.39 is 5.60 Å². The SMILES string of the molecule is CC(C)(C)OC(=O)N1CCC(N(C(=O)c2cnc3cnccn23)C2CCC2)CC1. The van der Waals surface area contributed by atoms with E-state index in [-0.39, 0.29) is 24.1 Å². The number of nitrogens with zero attached hydrogens (tertiary/aromatic N) is 5. The van der Waals surface area contributed by atoms with Gasteiger partial charge in [0, 0.05) is 37.6 Å². The van der Waals surface area contributed by atoms with Gasteiger partial charge >= 0.3 is 6.09 Å². The predicted molar refractivity (Wildman–Crippen MR) is 108 cm³/mol. The molecule has 2 aromatic heterocycles. The molecule has 1 aliphatic heterocycles. The summed E-state index contributed by atoms with van der Waals surface area (Å²) in [6, 6.07) is 0.395. The van der Waals surface area contributed by atoms with Crippen LogP contribution in [0.2, 0.25) is 0 Å². The number of hydrogen-bond donors (Lipinski definition) is 0. The molecule has 156 valence electrons. The van der Waals surface area contributed by atoms with Crippen molar-refractivity contribution >= 4 is 17.6 Å². The lowest BCUT2D eigenvalue weighted by atomic mass is 9.88. The van der Waals surface area contributed by atoms with E-state index in [0.29, 0.717) is 24.4 Å². The molecule has 8 nitrogen and oxygen atoms in total. The maximum atomic E-state index is 13.5. The van der Waals surface area contributed by atoms with Gasteiger partial charge in [-0.05, 0) is 52.9 Å². The fourth-order valence-electron chi connectivity index (χ4n) is 4.08. The second kappa shape index (κ2) is 7.65. The van der Waals surface area contributed by atoms with Crippen molar-refractivity contribution in [2.45, 2.75) is 70.6 Å². The first-order chi connectivity index (χ1) is 13.8. The standard InChI is InChI=1S/C21H29N5O3/c1-21(2,3)29-20(28)24-10-7-16(8-11-24)26(15-5-4-6-15)19(27)17-13-23-18-14-22-9-12-25(17)18/h9,12-16H,4-8,10-11H2,1-3H3. The van der Waals surface area contributed by atoms with Gasteiger partial charge in [-0.15, -0.1) is 0 Å². The summed E-state index contributed by atoms with van der Waals surface area (Å²) in [6.07, 6.45) is 11.2. The molecule has 0 aromatic carbocycles. The Kier molecular flexibility index (Phi) is 5.19. The van der Waals surface area contributed by atoms with Gasteiger partial charge in [-0.25, -0.2) is 9.78 Å². The molecule has 0 atom stereocenters. The molecule has 0 spiro atoms. The quantitative estimate of drug-likeness (QED) is 0.792. The summed E-state index contributed by atoms with van der Waals surface area (Å²) in [4.78, 5) is 38.1. The van der Waals surface area contributed by atoms with Gasteiger partial charge in [0.1, 0.15) is 11.3 Å². The van der Waals surface area contributed by atoms with E-state index in [1.165, 1.54) is 0 Å². The summed E-state index contributed by atoms with van der Waals surface area (Å²) < 4.78 is 7.30. The Bertz CT molecular complexity index is 891. The minimum absolute atomic E-state index is 0.0177. The number of aromatic nitrogens is 3. The summed E-state index contributed by atoms with van der Waals surface area (Å²) in [7, 11) is 0. The minimum Gasteiger partial charge on any atom is -0.444 e. The Morgan fingerprint density at radius 1 is 1.10 bits per heavy atom. The van der Waals surface area contributed by atoms with Crippen molar-refractivity contribution in [3.63, 3.8) is 0 Å². The Labute approximate surface area is 170 Å². The third kappa shape index (κ3) is 4.06. The summed E-state index contributed by atoms with van der Waals surface area (Å²) in [6.45, 7) is 6.83. The first kappa shape index (κ1) is 19.7. The molecule has 3 heterocycles. The Balaban J connectivity index is 1.49. The highest BCUT2D eigenvalue weighted by Gasteiger charge is 2.38. The van der Waals surface area contributed by atoms with Crippen molar-refractivity contribution in [2.24, 2.45) is 0 Å². The van der Waals surface area contributed by atoms with Crippen LogP contribution in [-0.2, 0) is 4.74 Å². The van der Waals surface area contributed by atoms with Crippen LogP contribution < -0.4 is 0 Å². The van der Waals surface area contributed by atoms with E-state index in [1.807, 2.05) is 20.8 Å². The summed E-state index contributed by atoms with van der Waals surface area (Å²) in [5, 5.41) is 0. The maximum Gasteiger partial charge on any atom is 0.410 e. The van der Waals surface area contributed by atoms with Crippen LogP contribution in [0.5, 0.6) is 0 Å². The lowest BCUT2D eigenvalue weighted by molar-refractivity contribution is 0.00682. The normalized spacial score (nSPS) is 18.5. The molecule has 2 aliphatic rings. The van der Waals surface area contributed by atoms with Crippen molar-refractivity contribution in [1.82, 2.24) is 24.2 Å². The molecule has 1 saturated heterocycles. The number of hydrogen-bond acceptors (Lipinski definition) is 5. The van der Waals surface area contributed by atoms with Gasteiger partial charge in [-0.1, -0.05) is 0 Å². The van der Waals surface area contributed by atoms with Crippen LogP contribution >= 0.6 is 0 Å². The van der Waals surface area contributed by atoms with Crippen molar-refractivity contribution < 1.29 is 14.3 Å². The average molecular weight is 399 g/mol. The van der Waals surface area contributed by atoms with Crippen LogP contribution in [0.15, 0.2) is 24.8 Å². The minimum atomic E-state index is -0.500. The molecule has 1 saturated carbocycles. The van der Waals surface area contributed by atoms with Crippen LogP contribution in [0.4, 0.5) is 4.79 Å². The van der Waals surface area contributed by atoms with Crippen molar-refractivity contribution in [3.05, 3.63) is 30.5 Å². The second-order valence-corrected chi connectivity index (χ2v) is 8.94. The highest BCUT2D eigenvalue weighted by atomic mass is 16.6. The molecule has 8 heteroatoms. The lowest BCUT2D eigenvalue weighted by Crippen LogP contribution is -2.54. The Morgan fingerprint density at radius 2 is 1.79 bits per heavy atom. The summed E-state index contributed by atoms with van der Waals surface area (Å²) in [5.41, 5.74) is 0.743. The van der Waals surface area contributed by atoms with Gasteiger partial charge in [0.15, 0.2) is 5.65 Å². The van der Waals surface area contributed by atoms with Crippen molar-refractivity contribution in [3.8, 4) is 0 Å². The molecule has 0 N–H and O–H groups in total. The van der Waals surface area contributed by atoms with Crippen LogP contribution in [0.1, 0.15) is 63.4 Å². The molecule has 0 unspecified atom stereocenters. The smallest absolute Gasteiger partial charge is 0.410 e. The van der Waals surface area contributed by atoms with Gasteiger partial charge in [0.25, 0.3) is 5.91 Å². The largest absolute Gasteiger partial charge is 0.444 e. The number of imidazole rings is 1. The highest BCUT2D eigenvalue weighted by Crippen LogP contribution is 2.31. The zero-order valence-electron chi connectivity index (χ0n) is 17.4. The van der Waals surface area contributed by atoms with Gasteiger partial charge in [-0.3, -0.25) is 14.2 Å². The number of piperidine rings is 1. The van der Waals surface area contributed by atoms with E-state index in [4.69, 9.17) is 4.74 Å². The second-order valence-electron chi connectivity index (χ2n) is 8.94. The number of carbonyl (C=O) groups is 2. The number of rotatable bonds is 3. The van der Waals surface area contributed by atoms with Crippen molar-refractivity contribution in [1.29, 1.82) is 0 Å².